The summed E-state index contributed by atoms with van der Waals surface area (Å²) in [6.07, 6.45) is 0. The third kappa shape index (κ3) is 4.62. The van der Waals surface area contributed by atoms with Crippen LogP contribution < -0.4 is 5.32 Å². The number of carbonyl (C=O) groups excluding carboxylic acids is 1. The predicted molar refractivity (Wildman–Crippen MR) is 103 cm³/mol. The Bertz CT molecular complexity index is 879. The Hall–Kier alpha value is -2.38. The minimum atomic E-state index is -0.103. The number of halogens is 1. The van der Waals surface area contributed by atoms with Crippen molar-refractivity contribution < 1.29 is 4.79 Å². The summed E-state index contributed by atoms with van der Waals surface area (Å²) >= 11 is 7.19. The maximum atomic E-state index is 12.2. The molecule has 1 unspecified atom stereocenters. The summed E-state index contributed by atoms with van der Waals surface area (Å²) in [5, 5.41) is 15.9. The molecule has 2 aromatic carbocycles. The van der Waals surface area contributed by atoms with Gasteiger partial charge in [0.05, 0.1) is 17.5 Å². The van der Waals surface area contributed by atoms with Crippen molar-refractivity contribution >= 4 is 29.3 Å². The molecule has 0 saturated heterocycles. The number of nitrogens with one attached hydrogen (secondary N) is 1. The lowest BCUT2D eigenvalue weighted by Gasteiger charge is -2.14. The molecule has 3 rings (SSSR count). The quantitative estimate of drug-likeness (QED) is 0.654. The van der Waals surface area contributed by atoms with Crippen molar-refractivity contribution in [3.63, 3.8) is 0 Å². The van der Waals surface area contributed by atoms with Gasteiger partial charge in [-0.15, -0.1) is 5.10 Å². The molecule has 0 aliphatic rings. The van der Waals surface area contributed by atoms with Gasteiger partial charge in [0.2, 0.25) is 11.1 Å². The number of tetrazole rings is 1. The number of rotatable bonds is 6. The van der Waals surface area contributed by atoms with Gasteiger partial charge in [-0.25, -0.2) is 0 Å². The summed E-state index contributed by atoms with van der Waals surface area (Å²) < 4.78 is 1.63. The van der Waals surface area contributed by atoms with Gasteiger partial charge in [0.25, 0.3) is 0 Å². The minimum absolute atomic E-state index is 0.0871. The summed E-state index contributed by atoms with van der Waals surface area (Å²) in [6.45, 7) is 3.95. The number of aromatic nitrogens is 4. The summed E-state index contributed by atoms with van der Waals surface area (Å²) in [7, 11) is 0. The number of aryl methyl sites for hydroxylation is 1. The van der Waals surface area contributed by atoms with Crippen LogP contribution in [0.3, 0.4) is 0 Å². The monoisotopic (exact) mass is 387 g/mol. The molecule has 1 atom stereocenters. The summed E-state index contributed by atoms with van der Waals surface area (Å²) in [4.78, 5) is 12.2. The molecule has 0 aliphatic carbocycles. The molecule has 0 saturated carbocycles. The number of nitrogens with zero attached hydrogens (tertiary/aromatic N) is 4. The van der Waals surface area contributed by atoms with Crippen molar-refractivity contribution in [2.24, 2.45) is 0 Å². The molecule has 0 radical (unpaired) electrons. The molecule has 0 fully saturated rings. The molecule has 0 bridgehead atoms. The molecule has 6 nitrogen and oxygen atoms in total. The van der Waals surface area contributed by atoms with Gasteiger partial charge in [-0.05, 0) is 54.1 Å². The van der Waals surface area contributed by atoms with E-state index in [0.29, 0.717) is 10.2 Å². The highest BCUT2D eigenvalue weighted by atomic mass is 35.5. The van der Waals surface area contributed by atoms with Crippen molar-refractivity contribution in [2.75, 3.05) is 5.75 Å². The van der Waals surface area contributed by atoms with E-state index in [0.717, 1.165) is 16.8 Å². The Morgan fingerprint density at radius 1 is 1.19 bits per heavy atom. The van der Waals surface area contributed by atoms with Crippen molar-refractivity contribution in [3.8, 4) is 5.69 Å². The average molecular weight is 388 g/mol. The Balaban J connectivity index is 1.59. The molecule has 1 N–H and O–H groups in total. The second-order valence-corrected chi connectivity index (χ2v) is 7.22. The van der Waals surface area contributed by atoms with Gasteiger partial charge in [0, 0.05) is 5.02 Å². The molecule has 0 spiro atoms. The number of benzene rings is 2. The highest BCUT2D eigenvalue weighted by Gasteiger charge is 2.14. The van der Waals surface area contributed by atoms with E-state index in [1.165, 1.54) is 11.8 Å². The third-order valence-electron chi connectivity index (χ3n) is 3.80. The zero-order valence-corrected chi connectivity index (χ0v) is 16.0. The van der Waals surface area contributed by atoms with E-state index < -0.39 is 0 Å². The van der Waals surface area contributed by atoms with Crippen LogP contribution in [0.2, 0.25) is 5.02 Å². The Labute approximate surface area is 160 Å². The molecule has 3 aromatic rings. The second-order valence-electron chi connectivity index (χ2n) is 5.84. The van der Waals surface area contributed by atoms with E-state index in [1.54, 1.807) is 4.68 Å². The van der Waals surface area contributed by atoms with Gasteiger partial charge in [-0.1, -0.05) is 53.2 Å². The molecule has 134 valence electrons. The van der Waals surface area contributed by atoms with Gasteiger partial charge in [-0.2, -0.15) is 4.68 Å². The van der Waals surface area contributed by atoms with E-state index in [1.807, 2.05) is 62.4 Å². The minimum Gasteiger partial charge on any atom is -0.349 e. The van der Waals surface area contributed by atoms with Crippen molar-refractivity contribution in [3.05, 3.63) is 64.7 Å². The number of carbonyl (C=O) groups is 1. The van der Waals surface area contributed by atoms with Gasteiger partial charge < -0.3 is 5.32 Å². The van der Waals surface area contributed by atoms with Crippen LogP contribution in [-0.2, 0) is 4.79 Å². The number of amides is 1. The maximum Gasteiger partial charge on any atom is 0.230 e. The lowest BCUT2D eigenvalue weighted by Crippen LogP contribution is -2.28. The second kappa shape index (κ2) is 8.33. The standard InChI is InChI=1S/C18H18ClN5OS/c1-12-3-9-16(10-4-12)24-18(21-22-23-24)26-11-17(25)20-13(2)14-5-7-15(19)8-6-14/h3-10,13H,11H2,1-2H3,(H,20,25). The van der Waals surface area contributed by atoms with Crippen LogP contribution in [-0.4, -0.2) is 31.9 Å². The van der Waals surface area contributed by atoms with Crippen molar-refractivity contribution in [1.82, 2.24) is 25.5 Å². The summed E-state index contributed by atoms with van der Waals surface area (Å²) in [5.74, 6) is 0.139. The Morgan fingerprint density at radius 2 is 1.88 bits per heavy atom. The Morgan fingerprint density at radius 3 is 2.58 bits per heavy atom. The first-order valence-corrected chi connectivity index (χ1v) is 9.42. The van der Waals surface area contributed by atoms with Gasteiger partial charge in [0.1, 0.15) is 0 Å². The van der Waals surface area contributed by atoms with E-state index in [4.69, 9.17) is 11.6 Å². The predicted octanol–water partition coefficient (Wildman–Crippen LogP) is 3.59. The van der Waals surface area contributed by atoms with Gasteiger partial charge in [-0.3, -0.25) is 4.79 Å². The highest BCUT2D eigenvalue weighted by Crippen LogP contribution is 2.19. The number of hydrogen-bond donors (Lipinski definition) is 1. The van der Waals surface area contributed by atoms with Crippen LogP contribution in [0, 0.1) is 6.92 Å². The molecular formula is C18H18ClN5OS. The van der Waals surface area contributed by atoms with Crippen LogP contribution in [0.5, 0.6) is 0 Å². The zero-order chi connectivity index (χ0) is 18.5. The summed E-state index contributed by atoms with van der Waals surface area (Å²) in [5.41, 5.74) is 3.02. The maximum absolute atomic E-state index is 12.2. The molecule has 1 aromatic heterocycles. The molecule has 1 heterocycles. The van der Waals surface area contributed by atoms with Gasteiger partial charge in [0.15, 0.2) is 0 Å². The van der Waals surface area contributed by atoms with Crippen LogP contribution in [0.4, 0.5) is 0 Å². The molecule has 0 aliphatic heterocycles. The smallest absolute Gasteiger partial charge is 0.230 e. The fourth-order valence-electron chi connectivity index (χ4n) is 2.36. The van der Waals surface area contributed by atoms with Crippen LogP contribution in [0.25, 0.3) is 5.69 Å². The van der Waals surface area contributed by atoms with E-state index in [9.17, 15) is 4.79 Å². The first-order valence-electron chi connectivity index (χ1n) is 8.06. The SMILES string of the molecule is Cc1ccc(-n2nnnc2SCC(=O)NC(C)c2ccc(Cl)cc2)cc1. The van der Waals surface area contributed by atoms with Crippen LogP contribution >= 0.6 is 23.4 Å². The molecule has 1 amide bonds. The first-order chi connectivity index (χ1) is 12.5. The van der Waals surface area contributed by atoms with E-state index in [-0.39, 0.29) is 17.7 Å². The van der Waals surface area contributed by atoms with E-state index >= 15 is 0 Å². The lowest BCUT2D eigenvalue weighted by atomic mass is 10.1. The van der Waals surface area contributed by atoms with Crippen molar-refractivity contribution in [1.29, 1.82) is 0 Å². The zero-order valence-electron chi connectivity index (χ0n) is 14.4. The number of hydrogen-bond acceptors (Lipinski definition) is 5. The van der Waals surface area contributed by atoms with Gasteiger partial charge >= 0.3 is 0 Å². The van der Waals surface area contributed by atoms with Crippen LogP contribution in [0.15, 0.2) is 53.7 Å². The third-order valence-corrected chi connectivity index (χ3v) is 4.97. The number of thioether (sulfide) groups is 1. The Kier molecular flexibility index (Phi) is 5.90. The topological polar surface area (TPSA) is 72.7 Å². The lowest BCUT2D eigenvalue weighted by molar-refractivity contribution is -0.119. The largest absolute Gasteiger partial charge is 0.349 e. The molecule has 8 heteroatoms. The van der Waals surface area contributed by atoms with Crippen molar-refractivity contribution in [2.45, 2.75) is 25.0 Å². The summed E-state index contributed by atoms with van der Waals surface area (Å²) in [6, 6.07) is 15.2. The average Bonchev–Trinajstić information content (AvgIpc) is 3.09. The normalized spacial score (nSPS) is 12.0. The fourth-order valence-corrected chi connectivity index (χ4v) is 3.19. The van der Waals surface area contributed by atoms with Crippen LogP contribution in [0.1, 0.15) is 24.1 Å². The van der Waals surface area contributed by atoms with E-state index in [2.05, 4.69) is 20.8 Å². The fraction of sp³-hybridized carbons (Fsp3) is 0.222. The molecular weight excluding hydrogens is 370 g/mol. The molecule has 26 heavy (non-hydrogen) atoms. The highest BCUT2D eigenvalue weighted by molar-refractivity contribution is 7.99. The first kappa shape index (κ1) is 18.4.